The molecule has 0 spiro atoms. The molecule has 7 nitrogen and oxygen atoms in total. The van der Waals surface area contributed by atoms with Gasteiger partial charge < -0.3 is 10.6 Å². The lowest BCUT2D eigenvalue weighted by Crippen LogP contribution is -2.35. The molecule has 0 fully saturated rings. The van der Waals surface area contributed by atoms with Gasteiger partial charge in [-0.3, -0.25) is 4.98 Å². The highest BCUT2D eigenvalue weighted by Crippen LogP contribution is 2.26. The molecule has 174 valence electrons. The highest BCUT2D eigenvalue weighted by atomic mass is 32.2. The number of hydrogen-bond donors (Lipinski definition) is 3. The topological polar surface area (TPSA) is 100 Å². The van der Waals surface area contributed by atoms with Crippen LogP contribution in [0.15, 0.2) is 84.0 Å². The lowest BCUT2D eigenvalue weighted by atomic mass is 10.1. The number of sulfonamides is 1. The number of pyridine rings is 1. The molecule has 0 saturated carbocycles. The second kappa shape index (κ2) is 12.7. The van der Waals surface area contributed by atoms with Gasteiger partial charge in [0, 0.05) is 37.6 Å². The Bertz CT molecular complexity index is 1110. The third kappa shape index (κ3) is 8.00. The summed E-state index contributed by atoms with van der Waals surface area (Å²) in [6.07, 6.45) is 6.77. The summed E-state index contributed by atoms with van der Waals surface area (Å²) in [6.45, 7) is 1.40. The molecule has 0 saturated heterocycles. The molecule has 0 aliphatic rings. The first-order valence-electron chi connectivity index (χ1n) is 11.1. The van der Waals surface area contributed by atoms with Crippen molar-refractivity contribution in [3.8, 4) is 11.1 Å². The summed E-state index contributed by atoms with van der Waals surface area (Å²) in [5.74, 6) is 0. The fourth-order valence-electron chi connectivity index (χ4n) is 3.39. The van der Waals surface area contributed by atoms with Crippen LogP contribution in [0.2, 0.25) is 0 Å². The minimum atomic E-state index is -3.60. The Morgan fingerprint density at radius 3 is 2.27 bits per heavy atom. The van der Waals surface area contributed by atoms with E-state index < -0.39 is 10.0 Å². The van der Waals surface area contributed by atoms with Crippen LogP contribution in [0, 0.1) is 0 Å². The molecular formula is C25H30N4O3S. The second-order valence-electron chi connectivity index (χ2n) is 7.64. The van der Waals surface area contributed by atoms with Crippen LogP contribution < -0.4 is 15.4 Å². The fourth-order valence-corrected chi connectivity index (χ4v) is 4.70. The molecule has 0 radical (unpaired) electrons. The van der Waals surface area contributed by atoms with E-state index in [9.17, 15) is 13.2 Å². The van der Waals surface area contributed by atoms with Crippen molar-refractivity contribution in [3.63, 3.8) is 0 Å². The summed E-state index contributed by atoms with van der Waals surface area (Å²) in [5, 5.41) is 5.62. The number of urea groups is 1. The van der Waals surface area contributed by atoms with Crippen molar-refractivity contribution in [3.05, 3.63) is 84.7 Å². The highest BCUT2D eigenvalue weighted by molar-refractivity contribution is 7.89. The molecule has 3 aromatic rings. The first kappa shape index (κ1) is 24.4. The zero-order valence-corrected chi connectivity index (χ0v) is 19.4. The van der Waals surface area contributed by atoms with Gasteiger partial charge in [0.15, 0.2) is 0 Å². The number of benzene rings is 2. The van der Waals surface area contributed by atoms with E-state index in [1.807, 2.05) is 54.6 Å². The Morgan fingerprint density at radius 2 is 1.52 bits per heavy atom. The summed E-state index contributed by atoms with van der Waals surface area (Å²) in [4.78, 5) is 16.1. The van der Waals surface area contributed by atoms with Gasteiger partial charge in [0.25, 0.3) is 0 Å². The quantitative estimate of drug-likeness (QED) is 0.350. The van der Waals surface area contributed by atoms with Crippen molar-refractivity contribution in [1.29, 1.82) is 0 Å². The Kier molecular flexibility index (Phi) is 9.41. The number of unbranched alkanes of at least 4 members (excludes halogenated alkanes) is 3. The molecule has 0 aliphatic heterocycles. The minimum absolute atomic E-state index is 0.205. The molecule has 0 unspecified atom stereocenters. The highest BCUT2D eigenvalue weighted by Gasteiger charge is 2.18. The predicted molar refractivity (Wildman–Crippen MR) is 130 cm³/mol. The van der Waals surface area contributed by atoms with Gasteiger partial charge in [-0.2, -0.15) is 0 Å². The first-order chi connectivity index (χ1) is 16.1. The van der Waals surface area contributed by atoms with Crippen molar-refractivity contribution in [2.24, 2.45) is 0 Å². The second-order valence-corrected chi connectivity index (χ2v) is 9.38. The third-order valence-corrected chi connectivity index (χ3v) is 6.64. The number of nitrogens with one attached hydrogen (secondary N) is 3. The van der Waals surface area contributed by atoms with Crippen molar-refractivity contribution >= 4 is 16.1 Å². The van der Waals surface area contributed by atoms with E-state index in [1.54, 1.807) is 24.5 Å². The molecule has 0 atom stereocenters. The summed E-state index contributed by atoms with van der Waals surface area (Å²) in [6, 6.07) is 20.1. The zero-order chi connectivity index (χ0) is 23.4. The lowest BCUT2D eigenvalue weighted by molar-refractivity contribution is 0.240. The van der Waals surface area contributed by atoms with Crippen molar-refractivity contribution in [1.82, 2.24) is 20.3 Å². The van der Waals surface area contributed by atoms with Gasteiger partial charge >= 0.3 is 6.03 Å². The Labute approximate surface area is 195 Å². The van der Waals surface area contributed by atoms with Crippen LogP contribution in [0.25, 0.3) is 11.1 Å². The largest absolute Gasteiger partial charge is 0.338 e. The number of carbonyl (C=O) groups excluding carboxylic acids is 1. The fraction of sp³-hybridized carbons (Fsp3) is 0.280. The van der Waals surface area contributed by atoms with E-state index in [4.69, 9.17) is 0 Å². The molecule has 33 heavy (non-hydrogen) atoms. The number of carbonyl (C=O) groups is 1. The number of amides is 2. The van der Waals surface area contributed by atoms with Gasteiger partial charge in [-0.1, -0.05) is 67.4 Å². The lowest BCUT2D eigenvalue weighted by Gasteiger charge is -2.12. The molecule has 1 aromatic heterocycles. The Morgan fingerprint density at radius 1 is 0.788 bits per heavy atom. The molecule has 0 aliphatic carbocycles. The molecule has 3 rings (SSSR count). The Hall–Kier alpha value is -3.23. The number of hydrogen-bond acceptors (Lipinski definition) is 4. The maximum absolute atomic E-state index is 12.8. The van der Waals surface area contributed by atoms with Crippen LogP contribution in [-0.4, -0.2) is 32.5 Å². The molecule has 2 aromatic carbocycles. The van der Waals surface area contributed by atoms with E-state index >= 15 is 0 Å². The number of aromatic nitrogens is 1. The van der Waals surface area contributed by atoms with Crippen LogP contribution in [0.5, 0.6) is 0 Å². The van der Waals surface area contributed by atoms with Crippen LogP contribution in [0.4, 0.5) is 4.79 Å². The molecule has 1 heterocycles. The Balaban J connectivity index is 1.32. The normalized spacial score (nSPS) is 11.2. The van der Waals surface area contributed by atoms with E-state index in [2.05, 4.69) is 20.3 Å². The van der Waals surface area contributed by atoms with Gasteiger partial charge in [-0.15, -0.1) is 0 Å². The van der Waals surface area contributed by atoms with E-state index in [-0.39, 0.29) is 10.9 Å². The van der Waals surface area contributed by atoms with Crippen molar-refractivity contribution < 1.29 is 13.2 Å². The van der Waals surface area contributed by atoms with Crippen LogP contribution in [-0.2, 0) is 16.6 Å². The summed E-state index contributed by atoms with van der Waals surface area (Å²) in [5.41, 5.74) is 2.51. The monoisotopic (exact) mass is 466 g/mol. The molecule has 8 heteroatoms. The number of nitrogens with zero attached hydrogens (tertiary/aromatic N) is 1. The first-order valence-corrected chi connectivity index (χ1v) is 12.6. The maximum atomic E-state index is 12.8. The van der Waals surface area contributed by atoms with E-state index in [0.29, 0.717) is 25.2 Å². The SMILES string of the molecule is O=C(NCCCCCCNS(=O)(=O)c1ccccc1-c1ccccc1)NCc1cccnc1. The van der Waals surface area contributed by atoms with Gasteiger partial charge in [0.05, 0.1) is 4.90 Å². The summed E-state index contributed by atoms with van der Waals surface area (Å²) in [7, 11) is -3.60. The van der Waals surface area contributed by atoms with Gasteiger partial charge in [-0.25, -0.2) is 17.9 Å². The van der Waals surface area contributed by atoms with E-state index in [1.165, 1.54) is 0 Å². The third-order valence-electron chi connectivity index (χ3n) is 5.12. The van der Waals surface area contributed by atoms with Crippen LogP contribution in [0.3, 0.4) is 0 Å². The van der Waals surface area contributed by atoms with Gasteiger partial charge in [-0.05, 0) is 36.1 Å². The molecule has 0 bridgehead atoms. The average molecular weight is 467 g/mol. The van der Waals surface area contributed by atoms with Crippen molar-refractivity contribution in [2.45, 2.75) is 37.1 Å². The zero-order valence-electron chi connectivity index (χ0n) is 18.5. The predicted octanol–water partition coefficient (Wildman–Crippen LogP) is 4.09. The summed E-state index contributed by atoms with van der Waals surface area (Å²) >= 11 is 0. The van der Waals surface area contributed by atoms with Gasteiger partial charge in [0.2, 0.25) is 10.0 Å². The van der Waals surface area contributed by atoms with Gasteiger partial charge in [0.1, 0.15) is 0 Å². The molecular weight excluding hydrogens is 436 g/mol. The minimum Gasteiger partial charge on any atom is -0.338 e. The van der Waals surface area contributed by atoms with E-state index in [0.717, 1.165) is 36.8 Å². The van der Waals surface area contributed by atoms with Crippen molar-refractivity contribution in [2.75, 3.05) is 13.1 Å². The summed E-state index contributed by atoms with van der Waals surface area (Å²) < 4.78 is 28.4. The van der Waals surface area contributed by atoms with Crippen LogP contribution >= 0.6 is 0 Å². The smallest absolute Gasteiger partial charge is 0.315 e. The van der Waals surface area contributed by atoms with Crippen LogP contribution in [0.1, 0.15) is 31.2 Å². The molecule has 2 amide bonds. The average Bonchev–Trinajstić information content (AvgIpc) is 2.85. The number of rotatable bonds is 12. The maximum Gasteiger partial charge on any atom is 0.315 e. The standard InChI is InChI=1S/C25H30N4O3S/c30-25(28-20-21-11-10-16-26-19-21)27-17-8-1-2-9-18-29-33(31,32)24-15-7-6-14-23(24)22-12-4-3-5-13-22/h3-7,10-16,19,29H,1-2,8-9,17-18,20H2,(H2,27,28,30). The molecule has 3 N–H and O–H groups in total.